The summed E-state index contributed by atoms with van der Waals surface area (Å²) in [5, 5.41) is 15.0. The first-order valence-electron chi connectivity index (χ1n) is 9.76. The molecule has 0 spiro atoms. The molecule has 1 fully saturated rings. The van der Waals surface area contributed by atoms with Crippen LogP contribution < -0.4 is 10.6 Å². The van der Waals surface area contributed by atoms with E-state index in [0.29, 0.717) is 25.3 Å². The van der Waals surface area contributed by atoms with Crippen LogP contribution in [0, 0.1) is 24.7 Å². The van der Waals surface area contributed by atoms with Crippen LogP contribution in [0.25, 0.3) is 0 Å². The fourth-order valence-corrected chi connectivity index (χ4v) is 4.09. The highest BCUT2D eigenvalue weighted by molar-refractivity contribution is 14.0. The predicted molar refractivity (Wildman–Crippen MR) is 113 cm³/mol. The molecule has 6 nitrogen and oxygen atoms in total. The van der Waals surface area contributed by atoms with E-state index in [2.05, 4.69) is 30.4 Å². The fourth-order valence-electron chi connectivity index (χ4n) is 4.09. The first-order valence-corrected chi connectivity index (χ1v) is 9.76. The molecule has 3 rings (SSSR count). The van der Waals surface area contributed by atoms with E-state index in [1.807, 2.05) is 6.92 Å². The van der Waals surface area contributed by atoms with E-state index in [1.165, 1.54) is 0 Å². The number of nitrogens with zero attached hydrogens (tertiary/aromatic N) is 4. The van der Waals surface area contributed by atoms with Gasteiger partial charge in [-0.2, -0.15) is 13.2 Å². The summed E-state index contributed by atoms with van der Waals surface area (Å²) in [5.41, 5.74) is 0. The van der Waals surface area contributed by atoms with E-state index in [4.69, 9.17) is 0 Å². The molecule has 0 radical (unpaired) electrons. The minimum absolute atomic E-state index is 0. The van der Waals surface area contributed by atoms with E-state index >= 15 is 0 Å². The zero-order valence-electron chi connectivity index (χ0n) is 16.4. The number of aryl methyl sites for hydroxylation is 2. The molecular weight excluding hydrogens is 484 g/mol. The summed E-state index contributed by atoms with van der Waals surface area (Å²) < 4.78 is 40.4. The van der Waals surface area contributed by atoms with Crippen LogP contribution in [0.15, 0.2) is 4.99 Å². The van der Waals surface area contributed by atoms with E-state index < -0.39 is 12.1 Å². The normalized spacial score (nSPS) is 25.6. The SMILES string of the molecule is CN=C(NCC1CCC(C(F)(F)F)CC1)NCC1CCc2nnc(C)n2C1.I. The Bertz CT molecular complexity index is 652. The molecule has 0 bridgehead atoms. The Hall–Kier alpha value is -1.07. The standard InChI is InChI=1S/C18H29F3N6.HI/c1-12-25-26-16-8-5-14(11-27(12)16)10-24-17(22-2)23-9-13-3-6-15(7-4-13)18(19,20)21;/h13-15H,3-11H2,1-2H3,(H2,22,23,24);1H. The van der Waals surface area contributed by atoms with Crippen molar-refractivity contribution in [2.24, 2.45) is 22.7 Å². The van der Waals surface area contributed by atoms with Gasteiger partial charge in [-0.1, -0.05) is 0 Å². The zero-order valence-corrected chi connectivity index (χ0v) is 18.8. The number of halogens is 4. The molecule has 1 aliphatic heterocycles. The van der Waals surface area contributed by atoms with Crippen LogP contribution in [0.5, 0.6) is 0 Å². The van der Waals surface area contributed by atoms with Crippen molar-refractivity contribution in [3.8, 4) is 0 Å². The van der Waals surface area contributed by atoms with Gasteiger partial charge in [0.2, 0.25) is 0 Å². The molecule has 10 heteroatoms. The second kappa shape index (κ2) is 10.1. The Balaban J connectivity index is 0.00000280. The van der Waals surface area contributed by atoms with E-state index in [1.54, 1.807) is 7.05 Å². The molecule has 28 heavy (non-hydrogen) atoms. The van der Waals surface area contributed by atoms with Crippen LogP contribution in [-0.2, 0) is 13.0 Å². The molecule has 0 amide bonds. The lowest BCUT2D eigenvalue weighted by atomic mass is 9.81. The Labute approximate surface area is 181 Å². The van der Waals surface area contributed by atoms with Crippen LogP contribution in [0.3, 0.4) is 0 Å². The molecule has 2 aliphatic rings. The van der Waals surface area contributed by atoms with Crippen LogP contribution in [0.4, 0.5) is 13.2 Å². The molecule has 2 heterocycles. The summed E-state index contributed by atoms with van der Waals surface area (Å²) in [6.45, 7) is 4.35. The van der Waals surface area contributed by atoms with Gasteiger partial charge in [0.25, 0.3) is 0 Å². The third-order valence-electron chi connectivity index (χ3n) is 5.88. The molecule has 1 aromatic rings. The fraction of sp³-hybridized carbons (Fsp3) is 0.833. The molecule has 1 saturated carbocycles. The summed E-state index contributed by atoms with van der Waals surface area (Å²) in [6, 6.07) is 0. The van der Waals surface area contributed by atoms with Gasteiger partial charge in [0.05, 0.1) is 5.92 Å². The lowest BCUT2D eigenvalue weighted by Crippen LogP contribution is -2.43. The van der Waals surface area contributed by atoms with Gasteiger partial charge in [-0.05, 0) is 50.9 Å². The molecule has 2 N–H and O–H groups in total. The Morgan fingerprint density at radius 2 is 1.71 bits per heavy atom. The second-order valence-corrected chi connectivity index (χ2v) is 7.77. The van der Waals surface area contributed by atoms with Crippen molar-refractivity contribution in [1.82, 2.24) is 25.4 Å². The zero-order chi connectivity index (χ0) is 19.4. The smallest absolute Gasteiger partial charge is 0.356 e. The molecular formula is C18H30F3IN6. The van der Waals surface area contributed by atoms with Crippen molar-refractivity contribution in [2.75, 3.05) is 20.1 Å². The molecule has 1 aliphatic carbocycles. The highest BCUT2D eigenvalue weighted by Gasteiger charge is 2.41. The largest absolute Gasteiger partial charge is 0.391 e. The van der Waals surface area contributed by atoms with Crippen molar-refractivity contribution in [1.29, 1.82) is 0 Å². The summed E-state index contributed by atoms with van der Waals surface area (Å²) in [4.78, 5) is 4.25. The van der Waals surface area contributed by atoms with Crippen LogP contribution in [0.1, 0.15) is 43.8 Å². The lowest BCUT2D eigenvalue weighted by molar-refractivity contribution is -0.183. The summed E-state index contributed by atoms with van der Waals surface area (Å²) in [5.74, 6) is 2.36. The number of aromatic nitrogens is 3. The third-order valence-corrected chi connectivity index (χ3v) is 5.88. The van der Waals surface area contributed by atoms with Crippen LogP contribution in [0.2, 0.25) is 0 Å². The minimum Gasteiger partial charge on any atom is -0.356 e. The second-order valence-electron chi connectivity index (χ2n) is 7.77. The number of guanidine groups is 1. The predicted octanol–water partition coefficient (Wildman–Crippen LogP) is 3.30. The summed E-state index contributed by atoms with van der Waals surface area (Å²) >= 11 is 0. The first-order chi connectivity index (χ1) is 12.9. The number of rotatable bonds is 4. The van der Waals surface area contributed by atoms with Crippen molar-refractivity contribution >= 4 is 29.9 Å². The van der Waals surface area contributed by atoms with Gasteiger partial charge in [-0.15, -0.1) is 34.2 Å². The number of hydrogen-bond donors (Lipinski definition) is 2. The summed E-state index contributed by atoms with van der Waals surface area (Å²) in [6.07, 6.45) is -0.335. The van der Waals surface area contributed by atoms with Gasteiger partial charge >= 0.3 is 6.18 Å². The number of alkyl halides is 3. The highest BCUT2D eigenvalue weighted by atomic mass is 127. The Morgan fingerprint density at radius 1 is 1.07 bits per heavy atom. The molecule has 1 atom stereocenters. The third kappa shape index (κ3) is 5.96. The van der Waals surface area contributed by atoms with Gasteiger partial charge in [-0.3, -0.25) is 4.99 Å². The van der Waals surface area contributed by atoms with Crippen molar-refractivity contribution < 1.29 is 13.2 Å². The van der Waals surface area contributed by atoms with Crippen LogP contribution >= 0.6 is 24.0 Å². The minimum atomic E-state index is -4.04. The van der Waals surface area contributed by atoms with E-state index in [0.717, 1.165) is 43.5 Å². The van der Waals surface area contributed by atoms with Gasteiger partial charge in [0.1, 0.15) is 11.6 Å². The van der Waals surface area contributed by atoms with Crippen molar-refractivity contribution in [3.05, 3.63) is 11.6 Å². The number of aliphatic imine (C=N–C) groups is 1. The van der Waals surface area contributed by atoms with Gasteiger partial charge in [0.15, 0.2) is 5.96 Å². The van der Waals surface area contributed by atoms with Crippen molar-refractivity contribution in [3.63, 3.8) is 0 Å². The maximum absolute atomic E-state index is 12.8. The number of nitrogens with one attached hydrogen (secondary N) is 2. The molecule has 1 aromatic heterocycles. The van der Waals surface area contributed by atoms with Crippen molar-refractivity contribution in [2.45, 2.75) is 58.2 Å². The van der Waals surface area contributed by atoms with Gasteiger partial charge in [0, 0.05) is 33.1 Å². The average Bonchev–Trinajstić information content (AvgIpc) is 3.02. The average molecular weight is 514 g/mol. The highest BCUT2D eigenvalue weighted by Crippen LogP contribution is 2.39. The first kappa shape index (κ1) is 23.2. The van der Waals surface area contributed by atoms with Gasteiger partial charge in [-0.25, -0.2) is 0 Å². The Morgan fingerprint density at radius 3 is 2.32 bits per heavy atom. The molecule has 0 aromatic carbocycles. The molecule has 160 valence electrons. The lowest BCUT2D eigenvalue weighted by Gasteiger charge is -2.30. The maximum Gasteiger partial charge on any atom is 0.391 e. The van der Waals surface area contributed by atoms with Gasteiger partial charge < -0.3 is 15.2 Å². The number of hydrogen-bond acceptors (Lipinski definition) is 3. The number of fused-ring (bicyclic) bond motifs is 1. The van der Waals surface area contributed by atoms with E-state index in [9.17, 15) is 13.2 Å². The van der Waals surface area contributed by atoms with Crippen LogP contribution in [-0.4, -0.2) is 47.0 Å². The monoisotopic (exact) mass is 514 g/mol. The van der Waals surface area contributed by atoms with E-state index in [-0.39, 0.29) is 42.7 Å². The topological polar surface area (TPSA) is 67.1 Å². The quantitative estimate of drug-likeness (QED) is 0.368. The molecule has 1 unspecified atom stereocenters. The Kier molecular flexibility index (Phi) is 8.38. The molecule has 0 saturated heterocycles. The summed E-state index contributed by atoms with van der Waals surface area (Å²) in [7, 11) is 1.72. The maximum atomic E-state index is 12.8.